The predicted molar refractivity (Wildman–Crippen MR) is 94.0 cm³/mol. The van der Waals surface area contributed by atoms with Gasteiger partial charge in [-0.15, -0.1) is 0 Å². The minimum atomic E-state index is -0.799. The van der Waals surface area contributed by atoms with Crippen LogP contribution in [-0.2, 0) is 11.3 Å². The molecule has 3 amide bonds. The van der Waals surface area contributed by atoms with E-state index in [9.17, 15) is 9.59 Å². The number of rotatable bonds is 5. The maximum absolute atomic E-state index is 12.7. The highest BCUT2D eigenvalue weighted by atomic mass is 16.5. The lowest BCUT2D eigenvalue weighted by Gasteiger charge is -2.20. The molecule has 2 aromatic rings. The first-order chi connectivity index (χ1) is 12.4. The average molecular weight is 354 g/mol. The Hall–Kier alpha value is -2.70. The monoisotopic (exact) mass is 354 g/mol. The lowest BCUT2D eigenvalue weighted by Crippen LogP contribution is -2.46. The molecular formula is C19H22N4O3. The third-order valence-electron chi connectivity index (χ3n) is 5.29. The van der Waals surface area contributed by atoms with Crippen molar-refractivity contribution in [2.45, 2.75) is 51.6 Å². The predicted octanol–water partition coefficient (Wildman–Crippen LogP) is 3.08. The first kappa shape index (κ1) is 16.8. The molecule has 1 aromatic carbocycles. The Morgan fingerprint density at radius 1 is 1.27 bits per heavy atom. The Bertz CT molecular complexity index is 854. The number of nitrogens with zero attached hydrogens (tertiary/aromatic N) is 3. The Labute approximate surface area is 151 Å². The van der Waals surface area contributed by atoms with Crippen molar-refractivity contribution in [3.63, 3.8) is 0 Å². The fraction of sp³-hybridized carbons (Fsp3) is 0.474. The molecule has 136 valence electrons. The number of hydrogen-bond acceptors (Lipinski definition) is 5. The van der Waals surface area contributed by atoms with Crippen LogP contribution in [0.3, 0.4) is 0 Å². The van der Waals surface area contributed by atoms with Crippen molar-refractivity contribution in [3.05, 3.63) is 35.7 Å². The second-order valence-electron chi connectivity index (χ2n) is 7.59. The Morgan fingerprint density at radius 2 is 1.96 bits per heavy atom. The molecular weight excluding hydrogens is 332 g/mol. The molecule has 1 aliphatic heterocycles. The minimum absolute atomic E-state index is 0.00987. The van der Waals surface area contributed by atoms with E-state index in [1.165, 1.54) is 5.56 Å². The molecule has 0 radical (unpaired) electrons. The number of aromatic nitrogens is 2. The van der Waals surface area contributed by atoms with Gasteiger partial charge in [-0.2, -0.15) is 4.98 Å². The molecule has 1 saturated heterocycles. The van der Waals surface area contributed by atoms with Crippen LogP contribution in [0.1, 0.15) is 51.0 Å². The molecule has 0 bridgehead atoms. The molecule has 26 heavy (non-hydrogen) atoms. The zero-order valence-electron chi connectivity index (χ0n) is 15.2. The molecule has 0 spiro atoms. The van der Waals surface area contributed by atoms with Crippen LogP contribution in [0.2, 0.25) is 0 Å². The molecule has 2 aliphatic rings. The highest BCUT2D eigenvalue weighted by Gasteiger charge is 2.56. The SMILES string of the molecule is CC(C)c1ccc(-c2noc(CN3C(=O)N[C@](C)(C4CC4)C3=O)n2)cc1. The highest BCUT2D eigenvalue weighted by molar-refractivity contribution is 6.07. The smallest absolute Gasteiger partial charge is 0.325 e. The molecule has 1 atom stereocenters. The number of hydrogen-bond donors (Lipinski definition) is 1. The van der Waals surface area contributed by atoms with Gasteiger partial charge in [0.15, 0.2) is 0 Å². The normalized spacial score (nSPS) is 23.0. The quantitative estimate of drug-likeness (QED) is 0.834. The number of benzene rings is 1. The Balaban J connectivity index is 1.50. The van der Waals surface area contributed by atoms with Gasteiger partial charge in [0, 0.05) is 5.56 Å². The van der Waals surface area contributed by atoms with Crippen LogP contribution in [0.15, 0.2) is 28.8 Å². The lowest BCUT2D eigenvalue weighted by molar-refractivity contribution is -0.132. The molecule has 1 aliphatic carbocycles. The summed E-state index contributed by atoms with van der Waals surface area (Å²) in [6.45, 7) is 6.05. The number of amides is 3. The van der Waals surface area contributed by atoms with Crippen molar-refractivity contribution in [1.29, 1.82) is 0 Å². The summed E-state index contributed by atoms with van der Waals surface area (Å²) in [6, 6.07) is 7.57. The van der Waals surface area contributed by atoms with Gasteiger partial charge in [0.2, 0.25) is 11.7 Å². The third-order valence-corrected chi connectivity index (χ3v) is 5.29. The van der Waals surface area contributed by atoms with E-state index in [0.29, 0.717) is 11.7 Å². The lowest BCUT2D eigenvalue weighted by atomic mass is 9.96. The van der Waals surface area contributed by atoms with Crippen LogP contribution >= 0.6 is 0 Å². The van der Waals surface area contributed by atoms with E-state index in [-0.39, 0.29) is 24.3 Å². The number of urea groups is 1. The van der Waals surface area contributed by atoms with Crippen LogP contribution in [-0.4, -0.2) is 32.5 Å². The summed E-state index contributed by atoms with van der Waals surface area (Å²) in [4.78, 5) is 30.4. The Morgan fingerprint density at radius 3 is 2.58 bits per heavy atom. The second-order valence-corrected chi connectivity index (χ2v) is 7.59. The van der Waals surface area contributed by atoms with Crippen molar-refractivity contribution in [2.24, 2.45) is 5.92 Å². The van der Waals surface area contributed by atoms with E-state index in [1.54, 1.807) is 6.92 Å². The van der Waals surface area contributed by atoms with Gasteiger partial charge in [-0.3, -0.25) is 9.69 Å². The van der Waals surface area contributed by atoms with E-state index in [4.69, 9.17) is 4.52 Å². The molecule has 1 N–H and O–H groups in total. The highest BCUT2D eigenvalue weighted by Crippen LogP contribution is 2.42. The van der Waals surface area contributed by atoms with Crippen LogP contribution in [0.25, 0.3) is 11.4 Å². The van der Waals surface area contributed by atoms with Crippen molar-refractivity contribution in [1.82, 2.24) is 20.4 Å². The fourth-order valence-corrected chi connectivity index (χ4v) is 3.39. The molecule has 7 nitrogen and oxygen atoms in total. The zero-order valence-corrected chi connectivity index (χ0v) is 15.2. The van der Waals surface area contributed by atoms with Crippen molar-refractivity contribution in [2.75, 3.05) is 0 Å². The van der Waals surface area contributed by atoms with E-state index in [0.717, 1.165) is 23.3 Å². The largest absolute Gasteiger partial charge is 0.337 e. The third kappa shape index (κ3) is 2.77. The van der Waals surface area contributed by atoms with E-state index in [2.05, 4.69) is 29.3 Å². The molecule has 1 saturated carbocycles. The summed E-state index contributed by atoms with van der Waals surface area (Å²) in [7, 11) is 0. The first-order valence-electron chi connectivity index (χ1n) is 8.95. The minimum Gasteiger partial charge on any atom is -0.337 e. The van der Waals surface area contributed by atoms with Crippen LogP contribution in [0.4, 0.5) is 4.79 Å². The van der Waals surface area contributed by atoms with Gasteiger partial charge in [-0.05, 0) is 37.2 Å². The molecule has 0 unspecified atom stereocenters. The number of nitrogens with one attached hydrogen (secondary N) is 1. The van der Waals surface area contributed by atoms with Gasteiger partial charge in [-0.25, -0.2) is 4.79 Å². The molecule has 1 aromatic heterocycles. The number of imide groups is 1. The van der Waals surface area contributed by atoms with Crippen molar-refractivity contribution >= 4 is 11.9 Å². The van der Waals surface area contributed by atoms with Gasteiger partial charge in [-0.1, -0.05) is 43.3 Å². The molecule has 7 heteroatoms. The maximum Gasteiger partial charge on any atom is 0.325 e. The van der Waals surface area contributed by atoms with Gasteiger partial charge in [0.1, 0.15) is 12.1 Å². The average Bonchev–Trinajstić information content (AvgIpc) is 3.34. The van der Waals surface area contributed by atoms with Crippen molar-refractivity contribution in [3.8, 4) is 11.4 Å². The standard InChI is InChI=1S/C19H22N4O3/c1-11(2)12-4-6-13(7-5-12)16-20-15(26-22-16)10-23-17(24)19(3,14-8-9-14)21-18(23)25/h4-7,11,14H,8-10H2,1-3H3,(H,21,25)/t19-/m1/s1. The summed E-state index contributed by atoms with van der Waals surface area (Å²) in [5, 5.41) is 6.80. The van der Waals surface area contributed by atoms with Gasteiger partial charge >= 0.3 is 6.03 Å². The fourth-order valence-electron chi connectivity index (χ4n) is 3.39. The number of carbonyl (C=O) groups is 2. The van der Waals surface area contributed by atoms with E-state index in [1.807, 2.05) is 24.3 Å². The second kappa shape index (κ2) is 5.93. The van der Waals surface area contributed by atoms with Gasteiger partial charge in [0.05, 0.1) is 0 Å². The van der Waals surface area contributed by atoms with E-state index < -0.39 is 11.6 Å². The van der Waals surface area contributed by atoms with E-state index >= 15 is 0 Å². The first-order valence-corrected chi connectivity index (χ1v) is 8.95. The van der Waals surface area contributed by atoms with Crippen LogP contribution in [0, 0.1) is 5.92 Å². The summed E-state index contributed by atoms with van der Waals surface area (Å²) < 4.78 is 5.26. The van der Waals surface area contributed by atoms with Gasteiger partial charge < -0.3 is 9.84 Å². The summed E-state index contributed by atoms with van der Waals surface area (Å²) in [6.07, 6.45) is 1.93. The summed E-state index contributed by atoms with van der Waals surface area (Å²) in [5.74, 6) is 1.15. The number of carbonyl (C=O) groups excluding carboxylic acids is 2. The zero-order chi connectivity index (χ0) is 18.5. The molecule has 2 heterocycles. The molecule has 2 fully saturated rings. The topological polar surface area (TPSA) is 88.3 Å². The van der Waals surface area contributed by atoms with Crippen LogP contribution < -0.4 is 5.32 Å². The van der Waals surface area contributed by atoms with Crippen LogP contribution in [0.5, 0.6) is 0 Å². The Kier molecular flexibility index (Phi) is 3.82. The maximum atomic E-state index is 12.7. The van der Waals surface area contributed by atoms with Crippen molar-refractivity contribution < 1.29 is 14.1 Å². The summed E-state index contributed by atoms with van der Waals surface area (Å²) in [5.41, 5.74) is 1.27. The molecule has 4 rings (SSSR count). The van der Waals surface area contributed by atoms with Gasteiger partial charge in [0.25, 0.3) is 5.91 Å². The summed E-state index contributed by atoms with van der Waals surface area (Å²) >= 11 is 0.